The molecule has 1 fully saturated rings. The highest BCUT2D eigenvalue weighted by atomic mass is 32.2. The molecular formula is C20H22N4O5S. The molecule has 1 N–H and O–H groups in total. The topological polar surface area (TPSA) is 116 Å². The number of benzene rings is 1. The first-order chi connectivity index (χ1) is 14.5. The number of carbonyl (C=O) groups excluding carboxylic acids is 1. The number of fused-ring (bicyclic) bond motifs is 1. The Kier molecular flexibility index (Phi) is 6.14. The first kappa shape index (κ1) is 20.5. The standard InChI is InChI=1S/C20H22N4O5S/c25-18(21-15-7-1-2-8-17(15)24(27)28)12-30-19-14-6-3-9-16(14)23(20(26)22-19)11-13-5-4-10-29-13/h1-2,7-8,13H,3-6,9-12H2,(H,21,25). The summed E-state index contributed by atoms with van der Waals surface area (Å²) < 4.78 is 7.40. The van der Waals surface area contributed by atoms with Crippen LogP contribution in [0.4, 0.5) is 11.4 Å². The smallest absolute Gasteiger partial charge is 0.348 e. The summed E-state index contributed by atoms with van der Waals surface area (Å²) in [6.45, 7) is 1.26. The second-order valence-corrected chi connectivity index (χ2v) is 8.30. The minimum atomic E-state index is -0.537. The van der Waals surface area contributed by atoms with Crippen LogP contribution in [0.25, 0.3) is 0 Å². The van der Waals surface area contributed by atoms with Gasteiger partial charge < -0.3 is 10.1 Å². The van der Waals surface area contributed by atoms with Crippen molar-refractivity contribution in [1.29, 1.82) is 0 Å². The average Bonchev–Trinajstić information content (AvgIpc) is 3.41. The summed E-state index contributed by atoms with van der Waals surface area (Å²) in [4.78, 5) is 39.8. The van der Waals surface area contributed by atoms with E-state index in [0.717, 1.165) is 50.0 Å². The number of carbonyl (C=O) groups is 1. The number of rotatable bonds is 7. The summed E-state index contributed by atoms with van der Waals surface area (Å²) in [5.74, 6) is -0.368. The molecule has 0 radical (unpaired) electrons. The van der Waals surface area contributed by atoms with E-state index >= 15 is 0 Å². The fourth-order valence-electron chi connectivity index (χ4n) is 3.94. The molecule has 30 heavy (non-hydrogen) atoms. The van der Waals surface area contributed by atoms with Crippen LogP contribution in [0.15, 0.2) is 34.1 Å². The lowest BCUT2D eigenvalue weighted by Gasteiger charge is -2.17. The van der Waals surface area contributed by atoms with Crippen molar-refractivity contribution < 1.29 is 14.5 Å². The highest BCUT2D eigenvalue weighted by Gasteiger charge is 2.25. The molecular weight excluding hydrogens is 408 g/mol. The molecule has 2 aliphatic rings. The molecule has 0 bridgehead atoms. The van der Waals surface area contributed by atoms with Gasteiger partial charge in [0.15, 0.2) is 0 Å². The van der Waals surface area contributed by atoms with Gasteiger partial charge in [0, 0.05) is 23.9 Å². The van der Waals surface area contributed by atoms with Gasteiger partial charge in [0.2, 0.25) is 5.91 Å². The number of thioether (sulfide) groups is 1. The van der Waals surface area contributed by atoms with Gasteiger partial charge in [-0.25, -0.2) is 4.79 Å². The van der Waals surface area contributed by atoms with E-state index in [1.807, 2.05) is 0 Å². The van der Waals surface area contributed by atoms with Gasteiger partial charge in [-0.05, 0) is 38.2 Å². The summed E-state index contributed by atoms with van der Waals surface area (Å²) in [7, 11) is 0. The van der Waals surface area contributed by atoms with Crippen molar-refractivity contribution in [2.75, 3.05) is 17.7 Å². The Labute approximate surface area is 177 Å². The summed E-state index contributed by atoms with van der Waals surface area (Å²) in [6.07, 6.45) is 4.60. The highest BCUT2D eigenvalue weighted by Crippen LogP contribution is 2.30. The Balaban J connectivity index is 1.47. The van der Waals surface area contributed by atoms with Crippen molar-refractivity contribution in [3.63, 3.8) is 0 Å². The van der Waals surface area contributed by atoms with Gasteiger partial charge in [-0.1, -0.05) is 23.9 Å². The van der Waals surface area contributed by atoms with E-state index in [2.05, 4.69) is 10.3 Å². The maximum absolute atomic E-state index is 12.7. The van der Waals surface area contributed by atoms with Crippen molar-refractivity contribution in [1.82, 2.24) is 9.55 Å². The second kappa shape index (κ2) is 8.97. The van der Waals surface area contributed by atoms with Gasteiger partial charge in [0.05, 0.1) is 23.3 Å². The minimum Gasteiger partial charge on any atom is -0.376 e. The van der Waals surface area contributed by atoms with Crippen molar-refractivity contribution >= 4 is 29.0 Å². The maximum atomic E-state index is 12.7. The van der Waals surface area contributed by atoms with Crippen molar-refractivity contribution in [2.45, 2.75) is 49.8 Å². The van der Waals surface area contributed by atoms with Crippen LogP contribution in [0, 0.1) is 10.1 Å². The lowest BCUT2D eigenvalue weighted by atomic mass is 10.2. The lowest BCUT2D eigenvalue weighted by Crippen LogP contribution is -2.31. The van der Waals surface area contributed by atoms with Gasteiger partial charge in [0.1, 0.15) is 10.7 Å². The second-order valence-electron chi connectivity index (χ2n) is 7.34. The molecule has 10 heteroatoms. The molecule has 1 aromatic heterocycles. The summed E-state index contributed by atoms with van der Waals surface area (Å²) in [5, 5.41) is 14.2. The Bertz CT molecular complexity index is 1030. The molecule has 1 unspecified atom stereocenters. The number of nitro benzene ring substituents is 1. The molecule has 158 valence electrons. The Morgan fingerprint density at radius 1 is 1.33 bits per heavy atom. The van der Waals surface area contributed by atoms with Crippen molar-refractivity contribution in [2.24, 2.45) is 0 Å². The van der Waals surface area contributed by atoms with Crippen LogP contribution in [0.3, 0.4) is 0 Å². The molecule has 1 aromatic carbocycles. The number of nitro groups is 1. The Morgan fingerprint density at radius 3 is 2.93 bits per heavy atom. The number of para-hydroxylation sites is 2. The molecule has 1 amide bonds. The highest BCUT2D eigenvalue weighted by molar-refractivity contribution is 8.00. The molecule has 0 spiro atoms. The first-order valence-electron chi connectivity index (χ1n) is 9.93. The van der Waals surface area contributed by atoms with Crippen LogP contribution in [0.2, 0.25) is 0 Å². The number of nitrogens with one attached hydrogen (secondary N) is 1. The average molecular weight is 430 g/mol. The predicted molar refractivity (Wildman–Crippen MR) is 112 cm³/mol. The number of amides is 1. The normalized spacial score (nSPS) is 17.7. The van der Waals surface area contributed by atoms with Gasteiger partial charge >= 0.3 is 5.69 Å². The Morgan fingerprint density at radius 2 is 2.17 bits per heavy atom. The zero-order valence-corrected chi connectivity index (χ0v) is 17.2. The molecule has 0 saturated carbocycles. The maximum Gasteiger partial charge on any atom is 0.348 e. The number of hydrogen-bond acceptors (Lipinski definition) is 7. The van der Waals surface area contributed by atoms with Crippen LogP contribution in [-0.4, -0.2) is 38.8 Å². The quantitative estimate of drug-likeness (QED) is 0.310. The monoisotopic (exact) mass is 430 g/mol. The third kappa shape index (κ3) is 4.39. The third-order valence-electron chi connectivity index (χ3n) is 5.33. The number of hydrogen-bond donors (Lipinski definition) is 1. The largest absolute Gasteiger partial charge is 0.376 e. The van der Waals surface area contributed by atoms with Gasteiger partial charge in [0.25, 0.3) is 5.69 Å². The molecule has 2 aromatic rings. The van der Waals surface area contributed by atoms with Crippen molar-refractivity contribution in [3.8, 4) is 0 Å². The molecule has 1 saturated heterocycles. The molecule has 1 aliphatic carbocycles. The first-order valence-corrected chi connectivity index (χ1v) is 10.9. The van der Waals surface area contributed by atoms with Gasteiger partial charge in [-0.3, -0.25) is 19.5 Å². The van der Waals surface area contributed by atoms with Crippen molar-refractivity contribution in [3.05, 3.63) is 56.1 Å². The van der Waals surface area contributed by atoms with Crippen LogP contribution >= 0.6 is 11.8 Å². The van der Waals surface area contributed by atoms with E-state index in [-0.39, 0.29) is 34.8 Å². The molecule has 4 rings (SSSR count). The van der Waals surface area contributed by atoms with E-state index in [4.69, 9.17) is 4.74 Å². The molecule has 1 aliphatic heterocycles. The van der Waals surface area contributed by atoms with E-state index in [1.54, 1.807) is 16.7 Å². The Hall–Kier alpha value is -2.72. The predicted octanol–water partition coefficient (Wildman–Crippen LogP) is 2.55. The van der Waals surface area contributed by atoms with Crippen LogP contribution in [-0.2, 0) is 28.9 Å². The van der Waals surface area contributed by atoms with E-state index in [1.165, 1.54) is 23.9 Å². The summed E-state index contributed by atoms with van der Waals surface area (Å²) >= 11 is 1.20. The van der Waals surface area contributed by atoms with E-state index in [0.29, 0.717) is 11.6 Å². The van der Waals surface area contributed by atoms with Gasteiger partial charge in [-0.15, -0.1) is 0 Å². The van der Waals surface area contributed by atoms with E-state index < -0.39 is 4.92 Å². The van der Waals surface area contributed by atoms with Gasteiger partial charge in [-0.2, -0.15) is 4.98 Å². The zero-order chi connectivity index (χ0) is 21.1. The molecule has 1 atom stereocenters. The van der Waals surface area contributed by atoms with Crippen LogP contribution < -0.4 is 11.0 Å². The molecule has 2 heterocycles. The van der Waals surface area contributed by atoms with Crippen LogP contribution in [0.1, 0.15) is 30.5 Å². The third-order valence-corrected chi connectivity index (χ3v) is 6.34. The zero-order valence-electron chi connectivity index (χ0n) is 16.3. The SMILES string of the molecule is O=C(CSc1nc(=O)n(CC2CCCO2)c2c1CCC2)Nc1ccccc1[N+](=O)[O-]. The number of anilines is 1. The number of aromatic nitrogens is 2. The number of ether oxygens (including phenoxy) is 1. The fraction of sp³-hybridized carbons (Fsp3) is 0.450. The van der Waals surface area contributed by atoms with E-state index in [9.17, 15) is 19.7 Å². The minimum absolute atomic E-state index is 0.0146. The summed E-state index contributed by atoms with van der Waals surface area (Å²) in [6, 6.07) is 5.99. The number of nitrogens with zero attached hydrogens (tertiary/aromatic N) is 3. The van der Waals surface area contributed by atoms with Crippen LogP contribution in [0.5, 0.6) is 0 Å². The fourth-order valence-corrected chi connectivity index (χ4v) is 4.82. The molecule has 9 nitrogen and oxygen atoms in total. The summed E-state index contributed by atoms with van der Waals surface area (Å²) in [5.41, 5.74) is 1.70. The lowest BCUT2D eigenvalue weighted by molar-refractivity contribution is -0.383.